The zero-order valence-corrected chi connectivity index (χ0v) is 11.9. The summed E-state index contributed by atoms with van der Waals surface area (Å²) in [4.78, 5) is 12.4. The maximum atomic E-state index is 13.8. The monoisotopic (exact) mass is 292 g/mol. The van der Waals surface area contributed by atoms with Gasteiger partial charge in [-0.05, 0) is 30.7 Å². The van der Waals surface area contributed by atoms with E-state index in [0.29, 0.717) is 11.8 Å². The van der Waals surface area contributed by atoms with Crippen LogP contribution in [0.1, 0.15) is 21.5 Å². The highest BCUT2D eigenvalue weighted by atomic mass is 19.1. The van der Waals surface area contributed by atoms with Gasteiger partial charge < -0.3 is 9.47 Å². The third kappa shape index (κ3) is 2.86. The van der Waals surface area contributed by atoms with Crippen molar-refractivity contribution >= 4 is 5.78 Å². The topological polar surface area (TPSA) is 35.5 Å². The van der Waals surface area contributed by atoms with Crippen LogP contribution in [0.3, 0.4) is 0 Å². The zero-order chi connectivity index (χ0) is 15.6. The Hall–Kier alpha value is -2.43. The summed E-state index contributed by atoms with van der Waals surface area (Å²) in [5.74, 6) is -1.39. The van der Waals surface area contributed by atoms with Crippen LogP contribution >= 0.6 is 0 Å². The van der Waals surface area contributed by atoms with Gasteiger partial charge in [-0.15, -0.1) is 0 Å². The molecular formula is C16H14F2O3. The summed E-state index contributed by atoms with van der Waals surface area (Å²) < 4.78 is 37.3. The molecule has 0 amide bonds. The zero-order valence-electron chi connectivity index (χ0n) is 11.9. The number of halogens is 2. The third-order valence-corrected chi connectivity index (χ3v) is 3.15. The standard InChI is InChI=1S/C16H14F2O3/c1-9-6-12(14(18)8-13(9)17)16(19)11-5-4-10(20-2)7-15(11)21-3/h4-8H,1-3H3. The minimum atomic E-state index is -0.902. The van der Waals surface area contributed by atoms with Gasteiger partial charge in [-0.2, -0.15) is 0 Å². The number of ketones is 1. The van der Waals surface area contributed by atoms with Crippen LogP contribution < -0.4 is 9.47 Å². The van der Waals surface area contributed by atoms with Crippen molar-refractivity contribution in [1.29, 1.82) is 0 Å². The molecule has 0 aliphatic rings. The molecule has 21 heavy (non-hydrogen) atoms. The number of rotatable bonds is 4. The lowest BCUT2D eigenvalue weighted by Crippen LogP contribution is -2.08. The number of carbonyl (C=O) groups excluding carboxylic acids is 1. The van der Waals surface area contributed by atoms with Crippen molar-refractivity contribution in [2.75, 3.05) is 14.2 Å². The van der Waals surface area contributed by atoms with Crippen LogP contribution in [0.4, 0.5) is 8.78 Å². The van der Waals surface area contributed by atoms with Gasteiger partial charge in [0.05, 0.1) is 25.3 Å². The normalized spacial score (nSPS) is 10.3. The molecule has 0 N–H and O–H groups in total. The molecule has 0 aliphatic carbocycles. The van der Waals surface area contributed by atoms with Gasteiger partial charge in [-0.3, -0.25) is 4.79 Å². The largest absolute Gasteiger partial charge is 0.497 e. The predicted molar refractivity (Wildman–Crippen MR) is 74.1 cm³/mol. The van der Waals surface area contributed by atoms with Crippen LogP contribution in [0.15, 0.2) is 30.3 Å². The van der Waals surface area contributed by atoms with Crippen molar-refractivity contribution in [3.63, 3.8) is 0 Å². The summed E-state index contributed by atoms with van der Waals surface area (Å²) in [7, 11) is 2.89. The number of hydrogen-bond acceptors (Lipinski definition) is 3. The van der Waals surface area contributed by atoms with E-state index in [0.717, 1.165) is 0 Å². The molecule has 0 aromatic heterocycles. The first-order valence-corrected chi connectivity index (χ1v) is 6.20. The first-order valence-electron chi connectivity index (χ1n) is 6.20. The number of carbonyl (C=O) groups is 1. The molecule has 0 saturated carbocycles. The second kappa shape index (κ2) is 5.91. The lowest BCUT2D eigenvalue weighted by atomic mass is 10.00. The van der Waals surface area contributed by atoms with Crippen molar-refractivity contribution in [2.45, 2.75) is 6.92 Å². The van der Waals surface area contributed by atoms with E-state index in [2.05, 4.69) is 0 Å². The molecule has 2 aromatic rings. The van der Waals surface area contributed by atoms with Crippen molar-refractivity contribution in [3.05, 3.63) is 58.7 Å². The minimum absolute atomic E-state index is 0.184. The maximum Gasteiger partial charge on any atom is 0.199 e. The smallest absolute Gasteiger partial charge is 0.199 e. The summed E-state index contributed by atoms with van der Waals surface area (Å²) in [6.45, 7) is 1.47. The van der Waals surface area contributed by atoms with Crippen molar-refractivity contribution in [1.82, 2.24) is 0 Å². The molecule has 0 heterocycles. The fourth-order valence-electron chi connectivity index (χ4n) is 1.96. The second-order valence-electron chi connectivity index (χ2n) is 4.48. The first-order chi connectivity index (χ1) is 9.97. The van der Waals surface area contributed by atoms with E-state index >= 15 is 0 Å². The van der Waals surface area contributed by atoms with Crippen molar-refractivity contribution < 1.29 is 23.0 Å². The fourth-order valence-corrected chi connectivity index (χ4v) is 1.96. The Balaban J connectivity index is 2.52. The van der Waals surface area contributed by atoms with Crippen LogP contribution in [0.2, 0.25) is 0 Å². The summed E-state index contributed by atoms with van der Waals surface area (Å²) in [5.41, 5.74) is 0.188. The van der Waals surface area contributed by atoms with Gasteiger partial charge in [0, 0.05) is 12.1 Å². The Labute approximate surface area is 121 Å². The maximum absolute atomic E-state index is 13.8. The molecule has 0 radical (unpaired) electrons. The highest BCUT2D eigenvalue weighted by molar-refractivity contribution is 6.11. The van der Waals surface area contributed by atoms with E-state index in [1.807, 2.05) is 0 Å². The van der Waals surface area contributed by atoms with Gasteiger partial charge in [-0.25, -0.2) is 8.78 Å². The SMILES string of the molecule is COc1ccc(C(=O)c2cc(C)c(F)cc2F)c(OC)c1. The van der Waals surface area contributed by atoms with Crippen molar-refractivity contribution in [3.8, 4) is 11.5 Å². The van der Waals surface area contributed by atoms with Gasteiger partial charge in [0.2, 0.25) is 0 Å². The molecule has 0 aliphatic heterocycles. The van der Waals surface area contributed by atoms with E-state index in [9.17, 15) is 13.6 Å². The molecule has 0 spiro atoms. The van der Waals surface area contributed by atoms with E-state index < -0.39 is 17.4 Å². The Kier molecular flexibility index (Phi) is 4.21. The van der Waals surface area contributed by atoms with Crippen LogP contribution in [0.25, 0.3) is 0 Å². The Morgan fingerprint density at radius 2 is 1.67 bits per heavy atom. The number of aryl methyl sites for hydroxylation is 1. The molecule has 3 nitrogen and oxygen atoms in total. The van der Waals surface area contributed by atoms with E-state index in [-0.39, 0.29) is 22.4 Å². The fraction of sp³-hybridized carbons (Fsp3) is 0.188. The lowest BCUT2D eigenvalue weighted by molar-refractivity contribution is 0.103. The summed E-state index contributed by atoms with van der Waals surface area (Å²) >= 11 is 0. The van der Waals surface area contributed by atoms with Gasteiger partial charge in [0.15, 0.2) is 5.78 Å². The summed E-state index contributed by atoms with van der Waals surface area (Å²) in [6.07, 6.45) is 0. The number of hydrogen-bond donors (Lipinski definition) is 0. The van der Waals surface area contributed by atoms with E-state index in [4.69, 9.17) is 9.47 Å². The van der Waals surface area contributed by atoms with Gasteiger partial charge in [0.1, 0.15) is 23.1 Å². The Bertz CT molecular complexity index is 696. The highest BCUT2D eigenvalue weighted by Crippen LogP contribution is 2.28. The minimum Gasteiger partial charge on any atom is -0.497 e. The molecule has 110 valence electrons. The molecule has 0 saturated heterocycles. The molecule has 0 unspecified atom stereocenters. The number of benzene rings is 2. The molecule has 0 fully saturated rings. The molecule has 2 aromatic carbocycles. The van der Waals surface area contributed by atoms with Crippen molar-refractivity contribution in [2.24, 2.45) is 0 Å². The Morgan fingerprint density at radius 1 is 0.952 bits per heavy atom. The summed E-state index contributed by atoms with van der Waals surface area (Å²) in [6, 6.07) is 6.49. The molecule has 0 bridgehead atoms. The van der Waals surface area contributed by atoms with Crippen LogP contribution in [-0.4, -0.2) is 20.0 Å². The second-order valence-corrected chi connectivity index (χ2v) is 4.48. The van der Waals surface area contributed by atoms with Gasteiger partial charge in [0.25, 0.3) is 0 Å². The average Bonchev–Trinajstić information content (AvgIpc) is 2.49. The van der Waals surface area contributed by atoms with Crippen LogP contribution in [0, 0.1) is 18.6 Å². The van der Waals surface area contributed by atoms with E-state index in [1.54, 1.807) is 6.07 Å². The first kappa shape index (κ1) is 15.0. The predicted octanol–water partition coefficient (Wildman–Crippen LogP) is 3.52. The molecule has 5 heteroatoms. The number of ether oxygens (including phenoxy) is 2. The van der Waals surface area contributed by atoms with E-state index in [1.165, 1.54) is 39.3 Å². The molecule has 2 rings (SSSR count). The third-order valence-electron chi connectivity index (χ3n) is 3.15. The number of methoxy groups -OCH3 is 2. The lowest BCUT2D eigenvalue weighted by Gasteiger charge is -2.10. The highest BCUT2D eigenvalue weighted by Gasteiger charge is 2.20. The Morgan fingerprint density at radius 3 is 2.29 bits per heavy atom. The van der Waals surface area contributed by atoms with Crippen LogP contribution in [0.5, 0.6) is 11.5 Å². The average molecular weight is 292 g/mol. The quantitative estimate of drug-likeness (QED) is 0.809. The molecular weight excluding hydrogens is 278 g/mol. The van der Waals surface area contributed by atoms with Gasteiger partial charge >= 0.3 is 0 Å². The summed E-state index contributed by atoms with van der Waals surface area (Å²) in [5, 5.41) is 0. The van der Waals surface area contributed by atoms with Crippen LogP contribution in [-0.2, 0) is 0 Å². The van der Waals surface area contributed by atoms with Gasteiger partial charge in [-0.1, -0.05) is 0 Å². The molecule has 0 atom stereocenters.